The van der Waals surface area contributed by atoms with Gasteiger partial charge in [-0.15, -0.1) is 24.8 Å². The van der Waals surface area contributed by atoms with Gasteiger partial charge in [0.2, 0.25) is 0 Å². The molecule has 0 heterocycles. The van der Waals surface area contributed by atoms with Gasteiger partial charge in [-0.2, -0.15) is 0 Å². The zero-order chi connectivity index (χ0) is 43.2. The van der Waals surface area contributed by atoms with E-state index in [1.54, 1.807) is 0 Å². The predicted octanol–water partition coefficient (Wildman–Crippen LogP) is 18.4. The van der Waals surface area contributed by atoms with Gasteiger partial charge in [-0.25, -0.2) is 0 Å². The molecule has 4 saturated carbocycles. The summed E-state index contributed by atoms with van der Waals surface area (Å²) in [5, 5.41) is 0. The molecule has 4 fully saturated rings. The monoisotopic (exact) mass is 1010 g/mol. The maximum atomic E-state index is 15.1. The van der Waals surface area contributed by atoms with Gasteiger partial charge in [-0.1, -0.05) is 0 Å². The van der Waals surface area contributed by atoms with Crippen molar-refractivity contribution in [2.45, 2.75) is 169 Å². The Kier molecular flexibility index (Phi) is 15.5. The van der Waals surface area contributed by atoms with Crippen LogP contribution in [0.3, 0.4) is 0 Å². The Balaban J connectivity index is 0.00000288. The second kappa shape index (κ2) is 20.4. The van der Waals surface area contributed by atoms with Crippen LogP contribution in [0.5, 0.6) is 0 Å². The Bertz CT molecular complexity index is 2250. The van der Waals surface area contributed by atoms with Crippen LogP contribution in [0.15, 0.2) is 96.1 Å². The summed E-state index contributed by atoms with van der Waals surface area (Å²) in [5.41, 5.74) is 16.2. The summed E-state index contributed by atoms with van der Waals surface area (Å²) < 4.78 is 48.2. The van der Waals surface area contributed by atoms with E-state index >= 15 is 13.2 Å². The zero-order valence-corrected chi connectivity index (χ0v) is 44.4. The van der Waals surface area contributed by atoms with E-state index in [2.05, 4.69) is 109 Å². The number of fused-ring (bicyclic) bond motifs is 2. The molecular formula is C58H73Cl2F3SiZr. The molecule has 0 radical (unpaired) electrons. The number of rotatable bonds is 12. The van der Waals surface area contributed by atoms with Crippen molar-refractivity contribution in [1.29, 1.82) is 0 Å². The summed E-state index contributed by atoms with van der Waals surface area (Å²) in [7, 11) is 0. The Hall–Kier alpha value is -2.17. The standard InChI is InChI=1S/2C27H31.C3H4F3.CH3.2ClH.H2Si.Zr/c2*1-2-9-22(10-3-1)23-13-15-24(16-14-23)26-12-6-11-25-18-21(19-27(25)26)17-20-7-4-5-8-20;1-2-3(4,5)6;;;;;/h2*6,11-16,18-20,22H,1-5,7-10,17H2;1-2H2;1H3;2*1H;1H2;. The van der Waals surface area contributed by atoms with Crippen LogP contribution in [0.1, 0.15) is 187 Å². The number of hydrogen-bond acceptors (Lipinski definition) is 0. The SMILES string of the molecule is Cl.Cl.[CH3][Zr](=[SiH2])([CH2]CC(F)(F)F)([CH]1C(CC2CCCC2)=Cc2c(-c3ccc(C4CCCCC4)cc3)cccc21)[CH]1C(CC2CCCC2)=Cc2c(-c3ccc(C4CCCCC4)cc3)cccc21. The van der Waals surface area contributed by atoms with Crippen molar-refractivity contribution in [1.82, 2.24) is 0 Å². The number of hydrogen-bond donors (Lipinski definition) is 0. The van der Waals surface area contributed by atoms with Gasteiger partial charge < -0.3 is 0 Å². The molecule has 0 bridgehead atoms. The molecule has 0 saturated heterocycles. The van der Waals surface area contributed by atoms with Crippen LogP contribution in [0.25, 0.3) is 34.4 Å². The molecule has 0 N–H and O–H groups in total. The molecule has 6 aliphatic rings. The Labute approximate surface area is 403 Å². The summed E-state index contributed by atoms with van der Waals surface area (Å²) >= 11 is -4.80. The molecule has 2 unspecified atom stereocenters. The van der Waals surface area contributed by atoms with Crippen molar-refractivity contribution in [2.24, 2.45) is 11.8 Å². The molecule has 65 heavy (non-hydrogen) atoms. The van der Waals surface area contributed by atoms with Crippen molar-refractivity contribution in [3.8, 4) is 22.3 Å². The first-order valence-electron chi connectivity index (χ1n) is 25.5. The number of allylic oxidation sites excluding steroid dienone is 2. The fourth-order valence-corrected chi connectivity index (χ4v) is 38.3. The normalized spacial score (nSPS) is 22.2. The van der Waals surface area contributed by atoms with E-state index in [-0.39, 0.29) is 32.1 Å². The molecule has 7 heteroatoms. The van der Waals surface area contributed by atoms with E-state index in [9.17, 15) is 0 Å². The molecule has 6 aliphatic carbocycles. The van der Waals surface area contributed by atoms with Gasteiger partial charge in [0.15, 0.2) is 0 Å². The third-order valence-corrected chi connectivity index (χ3v) is 40.6. The first kappa shape index (κ1) is 49.3. The molecule has 4 aromatic carbocycles. The molecule has 0 aliphatic heterocycles. The summed E-state index contributed by atoms with van der Waals surface area (Å²) in [6.45, 7) is 2.18. The molecule has 4 aromatic rings. The van der Waals surface area contributed by atoms with Crippen molar-refractivity contribution >= 4 is 43.8 Å². The number of benzene rings is 4. The molecule has 0 spiro atoms. The summed E-state index contributed by atoms with van der Waals surface area (Å²) in [6.07, 6.45) is 25.4. The van der Waals surface area contributed by atoms with Crippen LogP contribution in [0, 0.1) is 11.8 Å². The zero-order valence-electron chi connectivity index (χ0n) is 38.9. The van der Waals surface area contributed by atoms with Crippen LogP contribution in [-0.2, 0) is 17.4 Å². The molecule has 0 amide bonds. The summed E-state index contributed by atoms with van der Waals surface area (Å²) in [5.74, 6) is 2.54. The van der Waals surface area contributed by atoms with Crippen molar-refractivity contribution in [3.05, 3.63) is 129 Å². The quantitative estimate of drug-likeness (QED) is 0.124. The van der Waals surface area contributed by atoms with Crippen LogP contribution in [0.2, 0.25) is 8.76 Å². The average Bonchev–Trinajstić information content (AvgIpc) is 4.14. The van der Waals surface area contributed by atoms with Gasteiger partial charge in [-0.3, -0.25) is 0 Å². The molecule has 348 valence electrons. The fraction of sp³-hybridized carbons (Fsp3) is 0.517. The van der Waals surface area contributed by atoms with Gasteiger partial charge in [0.1, 0.15) is 0 Å². The van der Waals surface area contributed by atoms with Crippen molar-refractivity contribution < 1.29 is 30.6 Å². The van der Waals surface area contributed by atoms with Gasteiger partial charge >= 0.3 is 382 Å². The maximum absolute atomic E-state index is 15.1. The molecule has 0 aromatic heterocycles. The second-order valence-corrected chi connectivity index (χ2v) is 50.6. The molecule has 10 rings (SSSR count). The Morgan fingerprint density at radius 3 is 1.25 bits per heavy atom. The third kappa shape index (κ3) is 10.1. The van der Waals surface area contributed by atoms with Crippen LogP contribution in [-0.4, -0.2) is 13.1 Å². The third-order valence-electron chi connectivity index (χ3n) is 17.7. The van der Waals surface area contributed by atoms with E-state index in [1.807, 2.05) is 0 Å². The fourth-order valence-electron chi connectivity index (χ4n) is 14.6. The van der Waals surface area contributed by atoms with E-state index < -0.39 is 30.0 Å². The van der Waals surface area contributed by atoms with E-state index in [0.29, 0.717) is 27.8 Å². The van der Waals surface area contributed by atoms with Gasteiger partial charge in [0, 0.05) is 0 Å². The predicted molar refractivity (Wildman–Crippen MR) is 274 cm³/mol. The van der Waals surface area contributed by atoms with E-state index in [4.69, 9.17) is 0 Å². The van der Waals surface area contributed by atoms with Crippen molar-refractivity contribution in [2.75, 3.05) is 0 Å². The minimum atomic E-state index is -4.80. The first-order valence-corrected chi connectivity index (χ1v) is 38.5. The van der Waals surface area contributed by atoms with Gasteiger partial charge in [0.25, 0.3) is 0 Å². The minimum absolute atomic E-state index is 0. The Morgan fingerprint density at radius 1 is 0.508 bits per heavy atom. The molecular weight excluding hydrogens is 944 g/mol. The van der Waals surface area contributed by atoms with Gasteiger partial charge in [0.05, 0.1) is 0 Å². The van der Waals surface area contributed by atoms with E-state index in [0.717, 1.165) is 12.8 Å². The summed E-state index contributed by atoms with van der Waals surface area (Å²) in [4.78, 5) is 0. The first-order chi connectivity index (χ1) is 30.5. The van der Waals surface area contributed by atoms with Crippen LogP contribution in [0.4, 0.5) is 13.2 Å². The molecule has 0 nitrogen and oxygen atoms in total. The van der Waals surface area contributed by atoms with Gasteiger partial charge in [-0.05, 0) is 0 Å². The number of alkyl halides is 3. The molecule has 2 atom stereocenters. The average molecular weight is 1020 g/mol. The van der Waals surface area contributed by atoms with E-state index in [1.165, 1.54) is 182 Å². The number of halogens is 5. The van der Waals surface area contributed by atoms with Crippen LogP contribution >= 0.6 is 24.8 Å². The topological polar surface area (TPSA) is 0 Å². The van der Waals surface area contributed by atoms with Crippen molar-refractivity contribution in [3.63, 3.8) is 0 Å². The Morgan fingerprint density at radius 2 is 0.877 bits per heavy atom. The second-order valence-electron chi connectivity index (χ2n) is 22.2. The van der Waals surface area contributed by atoms with Crippen LogP contribution < -0.4 is 0 Å². The summed E-state index contributed by atoms with van der Waals surface area (Å²) in [6, 6.07) is 32.8.